The van der Waals surface area contributed by atoms with Crippen LogP contribution in [-0.4, -0.2) is 5.91 Å². The highest BCUT2D eigenvalue weighted by Crippen LogP contribution is 2.21. The summed E-state index contributed by atoms with van der Waals surface area (Å²) in [6.45, 7) is 4.67. The summed E-state index contributed by atoms with van der Waals surface area (Å²) in [6.07, 6.45) is 0. The van der Waals surface area contributed by atoms with Crippen LogP contribution in [0, 0.1) is 13.8 Å². The van der Waals surface area contributed by atoms with Gasteiger partial charge in [-0.15, -0.1) is 0 Å². The van der Waals surface area contributed by atoms with Gasteiger partial charge in [-0.3, -0.25) is 4.79 Å². The lowest BCUT2D eigenvalue weighted by Crippen LogP contribution is -2.13. The number of amides is 1. The number of hydrogen-bond acceptors (Lipinski definition) is 2. The highest BCUT2D eigenvalue weighted by Gasteiger charge is 2.08. The molecule has 2 aromatic carbocycles. The molecule has 0 radical (unpaired) electrons. The van der Waals surface area contributed by atoms with Gasteiger partial charge in [0.1, 0.15) is 0 Å². The number of primary amides is 1. The van der Waals surface area contributed by atoms with Gasteiger partial charge in [0.2, 0.25) is 5.91 Å². The summed E-state index contributed by atoms with van der Waals surface area (Å²) in [7, 11) is 0. The summed E-state index contributed by atoms with van der Waals surface area (Å²) in [5.74, 6) is -0.398. The molecule has 0 bridgehead atoms. The van der Waals surface area contributed by atoms with Crippen LogP contribution in [0.3, 0.4) is 0 Å². The van der Waals surface area contributed by atoms with Gasteiger partial charge in [-0.1, -0.05) is 34.1 Å². The van der Waals surface area contributed by atoms with Crippen molar-refractivity contribution in [1.82, 2.24) is 0 Å². The SMILES string of the molecule is Cc1cc(CNc2cccc(C(N)=O)c2C)ccc1Br. The number of carbonyl (C=O) groups is 1. The second-order valence-electron chi connectivity index (χ2n) is 4.78. The fraction of sp³-hybridized carbons (Fsp3) is 0.188. The number of rotatable bonds is 4. The number of anilines is 1. The summed E-state index contributed by atoms with van der Waals surface area (Å²) in [5, 5.41) is 3.35. The molecule has 0 spiro atoms. The van der Waals surface area contributed by atoms with Crippen LogP contribution < -0.4 is 11.1 Å². The van der Waals surface area contributed by atoms with Crippen LogP contribution in [-0.2, 0) is 6.54 Å². The van der Waals surface area contributed by atoms with E-state index in [0.717, 1.165) is 15.7 Å². The van der Waals surface area contributed by atoms with E-state index in [0.29, 0.717) is 12.1 Å². The first-order valence-electron chi connectivity index (χ1n) is 6.37. The average molecular weight is 333 g/mol. The Labute approximate surface area is 127 Å². The number of nitrogens with two attached hydrogens (primary N) is 1. The summed E-state index contributed by atoms with van der Waals surface area (Å²) in [6, 6.07) is 11.8. The number of aryl methyl sites for hydroxylation is 1. The van der Waals surface area contributed by atoms with E-state index >= 15 is 0 Å². The molecule has 4 heteroatoms. The minimum absolute atomic E-state index is 0.398. The van der Waals surface area contributed by atoms with Gasteiger partial charge in [0.15, 0.2) is 0 Å². The Bertz CT molecular complexity index is 653. The zero-order valence-electron chi connectivity index (χ0n) is 11.5. The third kappa shape index (κ3) is 3.20. The Balaban J connectivity index is 2.17. The van der Waals surface area contributed by atoms with Gasteiger partial charge in [0.05, 0.1) is 0 Å². The van der Waals surface area contributed by atoms with Crippen LogP contribution in [0.15, 0.2) is 40.9 Å². The summed E-state index contributed by atoms with van der Waals surface area (Å²) < 4.78 is 1.10. The molecule has 20 heavy (non-hydrogen) atoms. The van der Waals surface area contributed by atoms with Crippen LogP contribution in [0.2, 0.25) is 0 Å². The number of carbonyl (C=O) groups excluding carboxylic acids is 1. The average Bonchev–Trinajstić information content (AvgIpc) is 2.41. The van der Waals surface area contributed by atoms with Crippen LogP contribution in [0.4, 0.5) is 5.69 Å². The zero-order valence-corrected chi connectivity index (χ0v) is 13.1. The molecule has 0 aliphatic rings. The van der Waals surface area contributed by atoms with Crippen LogP contribution in [0.1, 0.15) is 27.0 Å². The van der Waals surface area contributed by atoms with E-state index in [1.807, 2.05) is 25.1 Å². The Morgan fingerprint density at radius 3 is 2.65 bits per heavy atom. The van der Waals surface area contributed by atoms with Crippen molar-refractivity contribution < 1.29 is 4.79 Å². The van der Waals surface area contributed by atoms with Crippen molar-refractivity contribution in [3.8, 4) is 0 Å². The molecular formula is C16H17BrN2O. The minimum Gasteiger partial charge on any atom is -0.381 e. The first-order valence-corrected chi connectivity index (χ1v) is 7.16. The van der Waals surface area contributed by atoms with Crippen molar-refractivity contribution in [2.45, 2.75) is 20.4 Å². The molecule has 0 fully saturated rings. The lowest BCUT2D eigenvalue weighted by molar-refractivity contribution is 0.1000. The van der Waals surface area contributed by atoms with Crippen molar-refractivity contribution in [2.75, 3.05) is 5.32 Å². The number of halogens is 1. The molecule has 1 amide bonds. The predicted octanol–water partition coefficient (Wildman–Crippen LogP) is 3.78. The third-order valence-electron chi connectivity index (χ3n) is 3.30. The van der Waals surface area contributed by atoms with E-state index in [1.54, 1.807) is 6.07 Å². The Kier molecular flexibility index (Phi) is 4.45. The highest BCUT2D eigenvalue weighted by atomic mass is 79.9. The Morgan fingerprint density at radius 1 is 1.25 bits per heavy atom. The smallest absolute Gasteiger partial charge is 0.249 e. The van der Waals surface area contributed by atoms with Gasteiger partial charge in [-0.25, -0.2) is 0 Å². The number of nitrogens with one attached hydrogen (secondary N) is 1. The van der Waals surface area contributed by atoms with E-state index in [9.17, 15) is 4.79 Å². The molecule has 0 heterocycles. The molecule has 0 aliphatic carbocycles. The summed E-state index contributed by atoms with van der Waals surface area (Å²) >= 11 is 3.49. The maximum absolute atomic E-state index is 11.3. The van der Waals surface area contributed by atoms with Crippen molar-refractivity contribution >= 4 is 27.5 Å². The predicted molar refractivity (Wildman–Crippen MR) is 85.9 cm³/mol. The normalized spacial score (nSPS) is 10.3. The standard InChI is InChI=1S/C16H17BrN2O/c1-10-8-12(6-7-14(10)17)9-19-15-5-3-4-13(11(15)2)16(18)20/h3-8,19H,9H2,1-2H3,(H2,18,20). The van der Waals surface area contributed by atoms with Crippen LogP contribution in [0.5, 0.6) is 0 Å². The van der Waals surface area contributed by atoms with Crippen molar-refractivity contribution in [1.29, 1.82) is 0 Å². The largest absolute Gasteiger partial charge is 0.381 e. The Morgan fingerprint density at radius 2 is 2.00 bits per heavy atom. The third-order valence-corrected chi connectivity index (χ3v) is 4.19. The molecular weight excluding hydrogens is 316 g/mol. The fourth-order valence-electron chi connectivity index (χ4n) is 2.11. The topological polar surface area (TPSA) is 55.1 Å². The molecule has 2 rings (SSSR count). The lowest BCUT2D eigenvalue weighted by Gasteiger charge is -2.12. The quantitative estimate of drug-likeness (QED) is 0.895. The number of benzene rings is 2. The molecule has 3 nitrogen and oxygen atoms in total. The van der Waals surface area contributed by atoms with Crippen LogP contribution in [0.25, 0.3) is 0 Å². The molecule has 3 N–H and O–H groups in total. The Hall–Kier alpha value is -1.81. The van der Waals surface area contributed by atoms with Gasteiger partial charge < -0.3 is 11.1 Å². The number of hydrogen-bond donors (Lipinski definition) is 2. The lowest BCUT2D eigenvalue weighted by atomic mass is 10.1. The van der Waals surface area contributed by atoms with E-state index < -0.39 is 5.91 Å². The molecule has 0 saturated carbocycles. The van der Waals surface area contributed by atoms with Crippen molar-refractivity contribution in [2.24, 2.45) is 5.73 Å². The monoisotopic (exact) mass is 332 g/mol. The zero-order chi connectivity index (χ0) is 14.7. The minimum atomic E-state index is -0.398. The summed E-state index contributed by atoms with van der Waals surface area (Å²) in [4.78, 5) is 11.3. The van der Waals surface area contributed by atoms with Gasteiger partial charge in [0.25, 0.3) is 0 Å². The van der Waals surface area contributed by atoms with E-state index in [-0.39, 0.29) is 0 Å². The van der Waals surface area contributed by atoms with Gasteiger partial charge in [-0.05, 0) is 48.7 Å². The molecule has 0 aliphatic heterocycles. The van der Waals surface area contributed by atoms with Gasteiger partial charge >= 0.3 is 0 Å². The molecule has 0 unspecified atom stereocenters. The molecule has 0 saturated heterocycles. The maximum atomic E-state index is 11.3. The fourth-order valence-corrected chi connectivity index (χ4v) is 2.35. The van der Waals surface area contributed by atoms with E-state index in [4.69, 9.17) is 5.73 Å². The van der Waals surface area contributed by atoms with Crippen LogP contribution >= 0.6 is 15.9 Å². The van der Waals surface area contributed by atoms with Crippen molar-refractivity contribution in [3.63, 3.8) is 0 Å². The first kappa shape index (κ1) is 14.6. The molecule has 0 aromatic heterocycles. The van der Waals surface area contributed by atoms with E-state index in [2.05, 4.69) is 40.3 Å². The van der Waals surface area contributed by atoms with Crippen molar-refractivity contribution in [3.05, 3.63) is 63.1 Å². The van der Waals surface area contributed by atoms with Gasteiger partial charge in [0, 0.05) is 22.3 Å². The van der Waals surface area contributed by atoms with E-state index in [1.165, 1.54) is 11.1 Å². The second kappa shape index (κ2) is 6.09. The molecule has 104 valence electrons. The van der Waals surface area contributed by atoms with Gasteiger partial charge in [-0.2, -0.15) is 0 Å². The molecule has 0 atom stereocenters. The maximum Gasteiger partial charge on any atom is 0.249 e. The molecule has 2 aromatic rings. The first-order chi connectivity index (χ1) is 9.49. The summed E-state index contributed by atoms with van der Waals surface area (Å²) in [5.41, 5.74) is 10.1. The second-order valence-corrected chi connectivity index (χ2v) is 5.63. The highest BCUT2D eigenvalue weighted by molar-refractivity contribution is 9.10.